The van der Waals surface area contributed by atoms with Gasteiger partial charge in [-0.15, -0.1) is 6.58 Å². The van der Waals surface area contributed by atoms with E-state index in [0.717, 1.165) is 5.57 Å². The molecule has 0 aromatic heterocycles. The fraction of sp³-hybridized carbons (Fsp3) is 0.714. The summed E-state index contributed by atoms with van der Waals surface area (Å²) in [5.41, 5.74) is 0.284. The quantitative estimate of drug-likeness (QED) is 0.720. The Morgan fingerprint density at radius 2 is 2.00 bits per heavy atom. The molecule has 1 unspecified atom stereocenters. The first-order valence-electron chi connectivity index (χ1n) is 6.60. The minimum atomic E-state index is -0.894. The molecule has 1 atom stereocenters. The van der Waals surface area contributed by atoms with E-state index in [2.05, 4.69) is 11.9 Å². The van der Waals surface area contributed by atoms with Gasteiger partial charge in [0.05, 0.1) is 12.0 Å². The molecule has 0 saturated carbocycles. The lowest BCUT2D eigenvalue weighted by Gasteiger charge is -2.37. The Balaban J connectivity index is 2.68. The molecular formula is C14H23NO4. The maximum Gasteiger partial charge on any atom is 0.305 e. The maximum absolute atomic E-state index is 12.1. The van der Waals surface area contributed by atoms with Crippen molar-refractivity contribution in [2.45, 2.75) is 45.1 Å². The number of carboxylic acid groups (broad SMARTS) is 1. The summed E-state index contributed by atoms with van der Waals surface area (Å²) in [5.74, 6) is -1.19. The van der Waals surface area contributed by atoms with Gasteiger partial charge in [0.25, 0.3) is 0 Å². The van der Waals surface area contributed by atoms with Crippen molar-refractivity contribution in [1.82, 2.24) is 5.32 Å². The molecule has 1 rings (SSSR count). The van der Waals surface area contributed by atoms with Crippen molar-refractivity contribution in [1.29, 1.82) is 0 Å². The highest BCUT2D eigenvalue weighted by Crippen LogP contribution is 2.25. The molecule has 1 aliphatic heterocycles. The van der Waals surface area contributed by atoms with Gasteiger partial charge in [-0.3, -0.25) is 9.59 Å². The molecule has 108 valence electrons. The molecule has 0 aromatic rings. The van der Waals surface area contributed by atoms with Crippen LogP contribution in [0.1, 0.15) is 39.5 Å². The standard InChI is InChI=1S/C14H23NO4/c1-10(2)8-11(3)13(18)15-14(9-12(16)17)4-6-19-7-5-14/h11H,1,4-9H2,2-3H3,(H,15,18)(H,16,17). The summed E-state index contributed by atoms with van der Waals surface area (Å²) in [7, 11) is 0. The van der Waals surface area contributed by atoms with Gasteiger partial charge in [0, 0.05) is 19.1 Å². The van der Waals surface area contributed by atoms with Crippen LogP contribution in [0.15, 0.2) is 12.2 Å². The lowest BCUT2D eigenvalue weighted by Crippen LogP contribution is -2.54. The van der Waals surface area contributed by atoms with Crippen LogP contribution in [-0.2, 0) is 14.3 Å². The first kappa shape index (κ1) is 15.7. The minimum Gasteiger partial charge on any atom is -0.481 e. The number of hydrogen-bond donors (Lipinski definition) is 2. The second kappa shape index (κ2) is 6.70. The van der Waals surface area contributed by atoms with Crippen LogP contribution in [0.4, 0.5) is 0 Å². The highest BCUT2D eigenvalue weighted by molar-refractivity contribution is 5.80. The number of amides is 1. The van der Waals surface area contributed by atoms with Crippen molar-refractivity contribution in [3.8, 4) is 0 Å². The second-order valence-corrected chi connectivity index (χ2v) is 5.51. The number of carboxylic acids is 1. The number of rotatable bonds is 6. The van der Waals surface area contributed by atoms with Gasteiger partial charge >= 0.3 is 5.97 Å². The Hall–Kier alpha value is -1.36. The molecule has 0 radical (unpaired) electrons. The number of ether oxygens (including phenoxy) is 1. The molecule has 0 spiro atoms. The van der Waals surface area contributed by atoms with Crippen LogP contribution in [0, 0.1) is 5.92 Å². The topological polar surface area (TPSA) is 75.6 Å². The zero-order valence-corrected chi connectivity index (χ0v) is 11.7. The molecular weight excluding hydrogens is 246 g/mol. The SMILES string of the molecule is C=C(C)CC(C)C(=O)NC1(CC(=O)O)CCOCC1. The van der Waals surface area contributed by atoms with Crippen LogP contribution in [0.2, 0.25) is 0 Å². The summed E-state index contributed by atoms with van der Waals surface area (Å²) in [6, 6.07) is 0. The van der Waals surface area contributed by atoms with E-state index in [9.17, 15) is 9.59 Å². The second-order valence-electron chi connectivity index (χ2n) is 5.51. The van der Waals surface area contributed by atoms with Crippen LogP contribution >= 0.6 is 0 Å². The number of aliphatic carboxylic acids is 1. The Morgan fingerprint density at radius 3 is 2.47 bits per heavy atom. The molecule has 1 aliphatic rings. The first-order chi connectivity index (χ1) is 8.84. The fourth-order valence-electron chi connectivity index (χ4n) is 2.40. The average Bonchev–Trinajstić information content (AvgIpc) is 2.27. The van der Waals surface area contributed by atoms with Gasteiger partial charge < -0.3 is 15.2 Å². The normalized spacial score (nSPS) is 19.5. The number of hydrogen-bond acceptors (Lipinski definition) is 3. The van der Waals surface area contributed by atoms with Crippen molar-refractivity contribution >= 4 is 11.9 Å². The van der Waals surface area contributed by atoms with Crippen molar-refractivity contribution < 1.29 is 19.4 Å². The Labute approximate surface area is 114 Å². The van der Waals surface area contributed by atoms with Gasteiger partial charge in [-0.05, 0) is 26.2 Å². The van der Waals surface area contributed by atoms with Gasteiger partial charge in [0.15, 0.2) is 0 Å². The van der Waals surface area contributed by atoms with Gasteiger partial charge in [-0.1, -0.05) is 12.5 Å². The summed E-state index contributed by atoms with van der Waals surface area (Å²) in [4.78, 5) is 23.1. The van der Waals surface area contributed by atoms with Crippen LogP contribution < -0.4 is 5.32 Å². The van der Waals surface area contributed by atoms with Crippen molar-refractivity contribution in [3.63, 3.8) is 0 Å². The molecule has 1 amide bonds. The molecule has 5 heteroatoms. The molecule has 0 aliphatic carbocycles. The van der Waals surface area contributed by atoms with Crippen molar-refractivity contribution in [2.75, 3.05) is 13.2 Å². The monoisotopic (exact) mass is 269 g/mol. The molecule has 1 fully saturated rings. The minimum absolute atomic E-state index is 0.0537. The van der Waals surface area contributed by atoms with Crippen LogP contribution in [0.5, 0.6) is 0 Å². The largest absolute Gasteiger partial charge is 0.481 e. The zero-order valence-electron chi connectivity index (χ0n) is 11.7. The summed E-state index contributed by atoms with van der Waals surface area (Å²) in [6.07, 6.45) is 1.66. The Kier molecular flexibility index (Phi) is 5.54. The van der Waals surface area contributed by atoms with Gasteiger partial charge in [-0.25, -0.2) is 0 Å². The van der Waals surface area contributed by atoms with E-state index in [0.29, 0.717) is 32.5 Å². The van der Waals surface area contributed by atoms with Crippen LogP contribution in [0.25, 0.3) is 0 Å². The molecule has 0 bridgehead atoms. The third kappa shape index (κ3) is 5.03. The molecule has 0 aromatic carbocycles. The summed E-state index contributed by atoms with van der Waals surface area (Å²) in [6.45, 7) is 8.48. The maximum atomic E-state index is 12.1. The molecule has 5 nitrogen and oxygen atoms in total. The summed E-state index contributed by atoms with van der Waals surface area (Å²) < 4.78 is 5.25. The highest BCUT2D eigenvalue weighted by atomic mass is 16.5. The van der Waals surface area contributed by atoms with Gasteiger partial charge in [0.2, 0.25) is 5.91 Å². The summed E-state index contributed by atoms with van der Waals surface area (Å²) in [5, 5.41) is 11.9. The molecule has 2 N–H and O–H groups in total. The predicted octanol–water partition coefficient (Wildman–Crippen LogP) is 1.73. The summed E-state index contributed by atoms with van der Waals surface area (Å²) >= 11 is 0. The van der Waals surface area contributed by atoms with E-state index >= 15 is 0 Å². The highest BCUT2D eigenvalue weighted by Gasteiger charge is 2.37. The van der Waals surface area contributed by atoms with E-state index in [1.807, 2.05) is 13.8 Å². The van der Waals surface area contributed by atoms with Crippen LogP contribution in [-0.4, -0.2) is 35.7 Å². The zero-order chi connectivity index (χ0) is 14.5. The van der Waals surface area contributed by atoms with E-state index in [1.54, 1.807) is 0 Å². The average molecular weight is 269 g/mol. The van der Waals surface area contributed by atoms with Crippen molar-refractivity contribution in [3.05, 3.63) is 12.2 Å². The predicted molar refractivity (Wildman–Crippen MR) is 71.8 cm³/mol. The smallest absolute Gasteiger partial charge is 0.305 e. The van der Waals surface area contributed by atoms with E-state index < -0.39 is 11.5 Å². The number of carbonyl (C=O) groups is 2. The fourth-order valence-corrected chi connectivity index (χ4v) is 2.40. The number of nitrogens with one attached hydrogen (secondary N) is 1. The lowest BCUT2D eigenvalue weighted by molar-refractivity contribution is -0.141. The van der Waals surface area contributed by atoms with Gasteiger partial charge in [0.1, 0.15) is 0 Å². The molecule has 1 heterocycles. The number of carbonyl (C=O) groups excluding carboxylic acids is 1. The Morgan fingerprint density at radius 1 is 1.42 bits per heavy atom. The van der Waals surface area contributed by atoms with E-state index in [4.69, 9.17) is 9.84 Å². The molecule has 19 heavy (non-hydrogen) atoms. The lowest BCUT2D eigenvalue weighted by atomic mass is 9.85. The van der Waals surface area contributed by atoms with Gasteiger partial charge in [-0.2, -0.15) is 0 Å². The third-order valence-electron chi connectivity index (χ3n) is 3.43. The number of allylic oxidation sites excluding steroid dienone is 1. The van der Waals surface area contributed by atoms with E-state index in [1.165, 1.54) is 0 Å². The first-order valence-corrected chi connectivity index (χ1v) is 6.60. The Bertz CT molecular complexity index is 358. The van der Waals surface area contributed by atoms with Crippen molar-refractivity contribution in [2.24, 2.45) is 5.92 Å². The van der Waals surface area contributed by atoms with Crippen LogP contribution in [0.3, 0.4) is 0 Å². The van der Waals surface area contributed by atoms with E-state index in [-0.39, 0.29) is 18.2 Å². The third-order valence-corrected chi connectivity index (χ3v) is 3.43. The molecule has 1 saturated heterocycles.